The summed E-state index contributed by atoms with van der Waals surface area (Å²) in [6, 6.07) is 3.18. The number of rotatable bonds is 22. The molecule has 6 aliphatic rings. The molecule has 6 fully saturated rings. The minimum atomic E-state index is -2.27. The minimum absolute atomic E-state index is 0.792. The Kier molecular flexibility index (Phi) is 9.62. The molecule has 6 aliphatic carbocycles. The third kappa shape index (κ3) is 3.44. The van der Waals surface area contributed by atoms with Gasteiger partial charge in [0.25, 0.3) is 0 Å². The lowest BCUT2D eigenvalue weighted by Gasteiger charge is -3.24. The van der Waals surface area contributed by atoms with Gasteiger partial charge in [-0.05, 0) is 77.1 Å². The van der Waals surface area contributed by atoms with Crippen molar-refractivity contribution in [3.05, 3.63) is 0 Å². The van der Waals surface area contributed by atoms with Crippen LogP contribution >= 0.6 is 0 Å². The predicted molar refractivity (Wildman–Crippen MR) is 209 cm³/mol. The molecule has 0 N–H and O–H groups in total. The van der Waals surface area contributed by atoms with E-state index in [2.05, 4.69) is 106 Å². The Labute approximate surface area is 294 Å². The van der Waals surface area contributed by atoms with E-state index in [1.807, 2.05) is 0 Å². The lowest BCUT2D eigenvalue weighted by molar-refractivity contribution is -0.836. The molecule has 6 rings (SSSR count). The summed E-state index contributed by atoms with van der Waals surface area (Å²) in [5, 5.41) is 0. The molecule has 0 spiro atoms. The minimum Gasteiger partial charge on any atom is -0.410 e. The van der Waals surface area contributed by atoms with Gasteiger partial charge in [-0.15, -0.1) is 0 Å². The van der Waals surface area contributed by atoms with Crippen molar-refractivity contribution < 1.29 is 35.4 Å². The van der Waals surface area contributed by atoms with Gasteiger partial charge in [-0.3, -0.25) is 0 Å². The molecule has 46 heavy (non-hydrogen) atoms. The maximum atomic E-state index is 7.99. The van der Waals surface area contributed by atoms with Crippen LogP contribution < -0.4 is 0 Å². The van der Waals surface area contributed by atoms with Gasteiger partial charge in [0.1, 0.15) is 0 Å². The third-order valence-electron chi connectivity index (χ3n) is 11.7. The van der Waals surface area contributed by atoms with Crippen molar-refractivity contribution in [1.29, 1.82) is 0 Å². The molecule has 0 saturated heterocycles. The molecular weight excluding hydrogens is 713 g/mol. The highest BCUT2D eigenvalue weighted by Crippen LogP contribution is 3.16. The van der Waals surface area contributed by atoms with Gasteiger partial charge in [0.15, 0.2) is 117 Å². The molecule has 4 atom stereocenters. The molecular formula is C30H68O8Si8. The standard InChI is InChI=1S/C30H68O8Si8/c1-17-20-44(11,12)36-28-24(32-40-5)23(31-39-4)25(33-41-6)26(24,34-42-7)30(28,38-46(15,16)22-19-3)29(25,37-45(13,14)21-18-2)27(23,28)35-43(8,9)10/h17-22,39-42H2,1-16H3. The van der Waals surface area contributed by atoms with Crippen LogP contribution in [0.5, 0.6) is 0 Å². The second-order valence-electron chi connectivity index (χ2n) is 17.2. The summed E-state index contributed by atoms with van der Waals surface area (Å²) >= 11 is 0. The van der Waals surface area contributed by atoms with Crippen LogP contribution in [0.3, 0.4) is 0 Å². The Morgan fingerprint density at radius 2 is 0.587 bits per heavy atom. The fraction of sp³-hybridized carbons (Fsp3) is 1.00. The summed E-state index contributed by atoms with van der Waals surface area (Å²) < 4.78 is 61.4. The van der Waals surface area contributed by atoms with E-state index in [1.54, 1.807) is 0 Å². The molecule has 0 aliphatic heterocycles. The van der Waals surface area contributed by atoms with Crippen molar-refractivity contribution in [3.63, 3.8) is 0 Å². The zero-order valence-corrected chi connectivity index (χ0v) is 42.0. The summed E-state index contributed by atoms with van der Waals surface area (Å²) in [6.45, 7) is 37.1. The molecule has 4 unspecified atom stereocenters. The van der Waals surface area contributed by atoms with Crippen molar-refractivity contribution in [2.75, 3.05) is 0 Å². The zero-order chi connectivity index (χ0) is 34.7. The summed E-state index contributed by atoms with van der Waals surface area (Å²) in [4.78, 5) is 0. The van der Waals surface area contributed by atoms with Crippen LogP contribution in [0.2, 0.25) is 103 Å². The molecule has 0 amide bonds. The van der Waals surface area contributed by atoms with Gasteiger partial charge in [0, 0.05) is 0 Å². The van der Waals surface area contributed by atoms with Gasteiger partial charge in [-0.1, -0.05) is 66.2 Å². The third-order valence-corrected chi connectivity index (χ3v) is 23.2. The van der Waals surface area contributed by atoms with Crippen molar-refractivity contribution in [3.8, 4) is 0 Å². The maximum absolute atomic E-state index is 7.99. The highest BCUT2D eigenvalue weighted by Gasteiger charge is 3.46. The van der Waals surface area contributed by atoms with Crippen molar-refractivity contribution in [2.24, 2.45) is 0 Å². The SMILES string of the molecule is CCC[Si](C)(C)OC12C3(O[SiH2]C)C4(O[SiH2]C)C5(O[SiH2]C)C3(O[SiH2]C)C1(O[Si](C)(C)CCC)C5(O[Si](C)(C)CCC)C42O[Si](C)(C)C. The van der Waals surface area contributed by atoms with E-state index in [9.17, 15) is 0 Å². The van der Waals surface area contributed by atoms with Crippen molar-refractivity contribution in [2.45, 2.75) is 188 Å². The van der Waals surface area contributed by atoms with Gasteiger partial charge in [0.2, 0.25) is 0 Å². The van der Waals surface area contributed by atoms with Gasteiger partial charge < -0.3 is 35.4 Å². The Morgan fingerprint density at radius 1 is 0.370 bits per heavy atom. The average Bonchev–Trinajstić information content (AvgIpc) is 2.90. The van der Waals surface area contributed by atoms with Gasteiger partial charge in [0.05, 0.1) is 0 Å². The van der Waals surface area contributed by atoms with Crippen molar-refractivity contribution in [1.82, 2.24) is 0 Å². The molecule has 16 heteroatoms. The second-order valence-corrected chi connectivity index (χ2v) is 37.8. The number of hydrogen-bond donors (Lipinski definition) is 0. The van der Waals surface area contributed by atoms with Crippen LogP contribution in [0.4, 0.5) is 0 Å². The van der Waals surface area contributed by atoms with E-state index >= 15 is 0 Å². The van der Waals surface area contributed by atoms with E-state index in [1.165, 1.54) is 0 Å². The molecule has 6 saturated carbocycles. The van der Waals surface area contributed by atoms with Crippen LogP contribution in [-0.2, 0) is 35.4 Å². The van der Waals surface area contributed by atoms with Gasteiger partial charge in [-0.25, -0.2) is 0 Å². The molecule has 268 valence electrons. The van der Waals surface area contributed by atoms with Crippen LogP contribution in [-0.4, -0.2) is 117 Å². The lowest BCUT2D eigenvalue weighted by atomic mass is 8.87. The smallest absolute Gasteiger partial charge is 0.188 e. The van der Waals surface area contributed by atoms with E-state index in [0.29, 0.717) is 0 Å². The maximum Gasteiger partial charge on any atom is 0.188 e. The van der Waals surface area contributed by atoms with Crippen molar-refractivity contribution >= 4 is 72.3 Å². The second kappa shape index (κ2) is 11.5. The quantitative estimate of drug-likeness (QED) is 0.151. The van der Waals surface area contributed by atoms with Crippen LogP contribution in [0.1, 0.15) is 40.0 Å². The topological polar surface area (TPSA) is 73.8 Å². The van der Waals surface area contributed by atoms with Crippen LogP contribution in [0, 0.1) is 0 Å². The summed E-state index contributed by atoms with van der Waals surface area (Å²) in [5.41, 5.74) is -6.55. The molecule has 0 aromatic carbocycles. The first-order valence-electron chi connectivity index (χ1n) is 18.6. The lowest BCUT2D eigenvalue weighted by Crippen LogP contribution is -3.53. The molecule has 0 radical (unpaired) electrons. The van der Waals surface area contributed by atoms with E-state index in [-0.39, 0.29) is 0 Å². The Bertz CT molecular complexity index is 1140. The Hall–Kier alpha value is 1.42. The van der Waals surface area contributed by atoms with E-state index < -0.39 is 117 Å². The largest absolute Gasteiger partial charge is 0.410 e. The average molecular weight is 782 g/mol. The Balaban J connectivity index is 1.94. The zero-order valence-electron chi connectivity index (χ0n) is 32.3. The predicted octanol–water partition coefficient (Wildman–Crippen LogP) is 4.31. The van der Waals surface area contributed by atoms with Gasteiger partial charge >= 0.3 is 0 Å². The summed E-state index contributed by atoms with van der Waals surface area (Å²) in [7, 11) is -12.8. The highest BCUT2D eigenvalue weighted by atomic mass is 28.4. The molecule has 0 heterocycles. The van der Waals surface area contributed by atoms with Crippen LogP contribution in [0.15, 0.2) is 0 Å². The number of hydrogen-bond acceptors (Lipinski definition) is 8. The first-order valence-corrected chi connectivity index (χ1v) is 39.3. The summed E-state index contributed by atoms with van der Waals surface area (Å²) in [5.74, 6) is 0. The molecule has 8 nitrogen and oxygen atoms in total. The highest BCUT2D eigenvalue weighted by molar-refractivity contribution is 6.73. The molecule has 0 bridgehead atoms. The first kappa shape index (κ1) is 38.6. The summed E-state index contributed by atoms with van der Waals surface area (Å²) in [6.07, 6.45) is 3.24. The first-order chi connectivity index (χ1) is 21.3. The van der Waals surface area contributed by atoms with E-state index in [0.717, 1.165) is 37.4 Å². The molecule has 0 aromatic rings. The van der Waals surface area contributed by atoms with E-state index in [4.69, 9.17) is 35.4 Å². The fourth-order valence-corrected chi connectivity index (χ4v) is 25.4. The normalized spacial score (nSPS) is 44.3. The fourth-order valence-electron chi connectivity index (χ4n) is 12.2. The van der Waals surface area contributed by atoms with Crippen LogP contribution in [0.25, 0.3) is 0 Å². The molecule has 0 aromatic heterocycles. The Morgan fingerprint density at radius 3 is 0.761 bits per heavy atom. The van der Waals surface area contributed by atoms with Gasteiger partial charge in [-0.2, -0.15) is 0 Å². The monoisotopic (exact) mass is 780 g/mol.